The largest absolute Gasteiger partial charge is 0.345 e. The molecule has 0 atom stereocenters. The summed E-state index contributed by atoms with van der Waals surface area (Å²) in [5.41, 5.74) is 7.89. The van der Waals surface area contributed by atoms with Crippen LogP contribution in [0.3, 0.4) is 0 Å². The first-order valence-electron chi connectivity index (χ1n) is 14.1. The van der Waals surface area contributed by atoms with Crippen molar-refractivity contribution in [2.75, 3.05) is 18.0 Å². The average molecular weight is 527 g/mol. The van der Waals surface area contributed by atoms with E-state index in [1.54, 1.807) is 0 Å². The third kappa shape index (κ3) is 6.03. The summed E-state index contributed by atoms with van der Waals surface area (Å²) in [6, 6.07) is 17.2. The predicted molar refractivity (Wildman–Crippen MR) is 151 cm³/mol. The van der Waals surface area contributed by atoms with E-state index >= 15 is 0 Å². The number of carbonyl (C=O) groups excluding carboxylic acids is 3. The van der Waals surface area contributed by atoms with Crippen LogP contribution in [-0.4, -0.2) is 46.2 Å². The molecule has 0 aromatic heterocycles. The van der Waals surface area contributed by atoms with E-state index < -0.39 is 17.8 Å². The van der Waals surface area contributed by atoms with Crippen LogP contribution in [0.4, 0.5) is 11.4 Å². The lowest BCUT2D eigenvalue weighted by Gasteiger charge is -2.21. The Bertz CT molecular complexity index is 1340. The molecular weight excluding hydrogens is 490 g/mol. The van der Waals surface area contributed by atoms with Crippen molar-refractivity contribution in [3.8, 4) is 0 Å². The van der Waals surface area contributed by atoms with Crippen LogP contribution in [0.15, 0.2) is 72.5 Å². The van der Waals surface area contributed by atoms with Crippen molar-refractivity contribution in [2.45, 2.75) is 64.7 Å². The highest BCUT2D eigenvalue weighted by molar-refractivity contribution is 6.01. The summed E-state index contributed by atoms with van der Waals surface area (Å²) < 4.78 is 2.44. The van der Waals surface area contributed by atoms with Gasteiger partial charge in [0.2, 0.25) is 5.69 Å². The van der Waals surface area contributed by atoms with Gasteiger partial charge in [0.25, 0.3) is 11.8 Å². The van der Waals surface area contributed by atoms with Gasteiger partial charge in [0, 0.05) is 67.7 Å². The lowest BCUT2D eigenvalue weighted by Crippen LogP contribution is -2.31. The number of unbranched alkanes of at least 4 members (excludes halogenated alkanes) is 2. The van der Waals surface area contributed by atoms with E-state index in [2.05, 4.69) is 83.2 Å². The number of hydroxylamine groups is 2. The second kappa shape index (κ2) is 12.2. The molecule has 0 spiro atoms. The quantitative estimate of drug-likeness (QED) is 0.223. The third-order valence-electron chi connectivity index (χ3n) is 7.49. The fraction of sp³-hybridized carbons (Fsp3) is 0.375. The van der Waals surface area contributed by atoms with E-state index in [1.807, 2.05) is 0 Å². The summed E-state index contributed by atoms with van der Waals surface area (Å²) >= 11 is 0. The molecule has 39 heavy (non-hydrogen) atoms. The van der Waals surface area contributed by atoms with Gasteiger partial charge in [0.05, 0.1) is 6.42 Å². The fourth-order valence-electron chi connectivity index (χ4n) is 5.58. The van der Waals surface area contributed by atoms with E-state index in [0.29, 0.717) is 11.5 Å². The number of anilines is 1. The van der Waals surface area contributed by atoms with E-state index in [9.17, 15) is 14.4 Å². The highest BCUT2D eigenvalue weighted by atomic mass is 16.7. The van der Waals surface area contributed by atoms with Gasteiger partial charge < -0.3 is 9.74 Å². The standard InChI is InChI=1S/C32H36N3O4/c1-2-20-33-26(22-24-11-5-7-15-28(24)33)13-10-14-27-23-25-12-6-8-16-29(25)34(27)21-9-3-4-17-32(38)39-35-30(36)18-19-31(35)37/h5-8,10-16H,2-4,9,17-23H2,1H3/q+1. The van der Waals surface area contributed by atoms with Gasteiger partial charge in [0.15, 0.2) is 5.71 Å². The zero-order valence-corrected chi connectivity index (χ0v) is 22.6. The van der Waals surface area contributed by atoms with Crippen molar-refractivity contribution in [3.05, 3.63) is 83.6 Å². The summed E-state index contributed by atoms with van der Waals surface area (Å²) in [5, 5.41) is 0.623. The second-order valence-electron chi connectivity index (χ2n) is 10.3. The van der Waals surface area contributed by atoms with E-state index in [0.717, 1.165) is 45.2 Å². The molecular formula is C32H36N3O4+. The minimum absolute atomic E-state index is 0.110. The molecule has 5 rings (SSSR count). The lowest BCUT2D eigenvalue weighted by atomic mass is 10.1. The first-order chi connectivity index (χ1) is 19.0. The molecule has 0 bridgehead atoms. The number of hydrogen-bond acceptors (Lipinski definition) is 5. The monoisotopic (exact) mass is 526 g/mol. The Morgan fingerprint density at radius 3 is 2.49 bits per heavy atom. The predicted octanol–water partition coefficient (Wildman–Crippen LogP) is 5.41. The second-order valence-corrected chi connectivity index (χ2v) is 10.3. The normalized spacial score (nSPS) is 17.6. The van der Waals surface area contributed by atoms with Gasteiger partial charge >= 0.3 is 5.97 Å². The van der Waals surface area contributed by atoms with Crippen LogP contribution in [0.1, 0.15) is 63.0 Å². The average Bonchev–Trinajstić information content (AvgIpc) is 3.58. The summed E-state index contributed by atoms with van der Waals surface area (Å²) in [6.45, 7) is 4.10. The molecule has 1 fully saturated rings. The van der Waals surface area contributed by atoms with Crippen LogP contribution >= 0.6 is 0 Å². The summed E-state index contributed by atoms with van der Waals surface area (Å²) in [5.74, 6) is -1.41. The maximum absolute atomic E-state index is 12.1. The molecule has 0 saturated carbocycles. The highest BCUT2D eigenvalue weighted by Gasteiger charge is 2.32. The first-order valence-corrected chi connectivity index (χ1v) is 14.1. The van der Waals surface area contributed by atoms with Gasteiger partial charge in [-0.1, -0.05) is 55.8 Å². The number of imide groups is 1. The Labute approximate surface area is 230 Å². The lowest BCUT2D eigenvalue weighted by molar-refractivity contribution is -0.436. The molecule has 7 nitrogen and oxygen atoms in total. The number of para-hydroxylation sites is 2. The summed E-state index contributed by atoms with van der Waals surface area (Å²) in [7, 11) is 0. The minimum Gasteiger partial charge on any atom is -0.345 e. The van der Waals surface area contributed by atoms with E-state index in [4.69, 9.17) is 4.84 Å². The number of nitrogens with zero attached hydrogens (tertiary/aromatic N) is 3. The molecule has 0 N–H and O–H groups in total. The van der Waals surface area contributed by atoms with Gasteiger partial charge in [-0.15, -0.1) is 5.06 Å². The molecule has 1 saturated heterocycles. The van der Waals surface area contributed by atoms with Gasteiger partial charge in [-0.3, -0.25) is 9.59 Å². The van der Waals surface area contributed by atoms with Crippen LogP contribution in [-0.2, 0) is 32.1 Å². The molecule has 0 radical (unpaired) electrons. The van der Waals surface area contributed by atoms with Gasteiger partial charge in [-0.05, 0) is 30.5 Å². The maximum atomic E-state index is 12.1. The van der Waals surface area contributed by atoms with Gasteiger partial charge in [0.1, 0.15) is 6.54 Å². The molecule has 2 aromatic rings. The summed E-state index contributed by atoms with van der Waals surface area (Å²) in [4.78, 5) is 42.7. The molecule has 3 heterocycles. The number of benzene rings is 2. The SMILES string of the molecule is CCC[N+]1=C(/C=C/C=C2\Cc3ccccc3N2CCCCCC(=O)ON2C(=O)CCC2=O)Cc2ccccc21. The Morgan fingerprint density at radius 2 is 1.69 bits per heavy atom. The third-order valence-corrected chi connectivity index (χ3v) is 7.49. The Morgan fingerprint density at radius 1 is 0.949 bits per heavy atom. The smallest absolute Gasteiger partial charge is 0.333 e. The van der Waals surface area contributed by atoms with Crippen molar-refractivity contribution in [2.24, 2.45) is 0 Å². The number of allylic oxidation sites excluding steroid dienone is 4. The minimum atomic E-state index is -0.528. The fourth-order valence-corrected chi connectivity index (χ4v) is 5.58. The van der Waals surface area contributed by atoms with Crippen molar-refractivity contribution in [1.82, 2.24) is 5.06 Å². The molecule has 202 valence electrons. The zero-order valence-electron chi connectivity index (χ0n) is 22.6. The molecule has 3 aliphatic rings. The van der Waals surface area contributed by atoms with Gasteiger partial charge in [-0.25, -0.2) is 4.79 Å². The van der Waals surface area contributed by atoms with Crippen LogP contribution < -0.4 is 4.90 Å². The Hall–Kier alpha value is -4.00. The molecule has 2 amide bonds. The summed E-state index contributed by atoms with van der Waals surface area (Å²) in [6.07, 6.45) is 12.5. The molecule has 7 heteroatoms. The van der Waals surface area contributed by atoms with Gasteiger partial charge in [-0.2, -0.15) is 4.58 Å². The molecule has 0 unspecified atom stereocenters. The van der Waals surface area contributed by atoms with Crippen LogP contribution in [0, 0.1) is 0 Å². The van der Waals surface area contributed by atoms with E-state index in [-0.39, 0.29) is 19.3 Å². The van der Waals surface area contributed by atoms with Crippen LogP contribution in [0.25, 0.3) is 0 Å². The number of carbonyl (C=O) groups is 3. The molecule has 2 aromatic carbocycles. The Kier molecular flexibility index (Phi) is 8.35. The van der Waals surface area contributed by atoms with Crippen molar-refractivity contribution < 1.29 is 23.8 Å². The van der Waals surface area contributed by atoms with Crippen molar-refractivity contribution in [1.29, 1.82) is 0 Å². The van der Waals surface area contributed by atoms with Crippen molar-refractivity contribution in [3.63, 3.8) is 0 Å². The maximum Gasteiger partial charge on any atom is 0.333 e. The highest BCUT2D eigenvalue weighted by Crippen LogP contribution is 2.34. The van der Waals surface area contributed by atoms with Crippen LogP contribution in [0.2, 0.25) is 0 Å². The Balaban J connectivity index is 1.18. The number of amides is 2. The molecule has 3 aliphatic heterocycles. The zero-order chi connectivity index (χ0) is 27.2. The van der Waals surface area contributed by atoms with Crippen LogP contribution in [0.5, 0.6) is 0 Å². The first kappa shape index (κ1) is 26.6. The van der Waals surface area contributed by atoms with Crippen molar-refractivity contribution >= 4 is 34.9 Å². The number of rotatable bonds is 11. The number of fused-ring (bicyclic) bond motifs is 2. The topological polar surface area (TPSA) is 69.9 Å². The molecule has 0 aliphatic carbocycles. The van der Waals surface area contributed by atoms with E-state index in [1.165, 1.54) is 33.9 Å². The number of hydrogen-bond donors (Lipinski definition) is 0.